The molecule has 0 aromatic heterocycles. The van der Waals surface area contributed by atoms with Gasteiger partial charge in [-0.25, -0.2) is 8.42 Å². The van der Waals surface area contributed by atoms with Crippen LogP contribution >= 0.6 is 0 Å². The molecule has 1 fully saturated rings. The number of sulfonamides is 1. The molecule has 33 heavy (non-hydrogen) atoms. The Kier molecular flexibility index (Phi) is 7.38. The number of nitrogens with one attached hydrogen (secondary N) is 1. The number of hydrogen-bond donors (Lipinski definition) is 1. The second kappa shape index (κ2) is 9.72. The number of nitrogens with zero attached hydrogens (tertiary/aromatic N) is 1. The molecule has 1 aliphatic heterocycles. The third-order valence-electron chi connectivity index (χ3n) is 5.95. The zero-order chi connectivity index (χ0) is 24.3. The van der Waals surface area contributed by atoms with Crippen molar-refractivity contribution in [2.75, 3.05) is 30.3 Å². The first-order chi connectivity index (χ1) is 15.4. The molecular formula is C23H27F3N2O4S. The minimum absolute atomic E-state index is 0.223. The van der Waals surface area contributed by atoms with Gasteiger partial charge in [0.1, 0.15) is 6.04 Å². The lowest BCUT2D eigenvalue weighted by molar-refractivity contribution is -0.137. The Morgan fingerprint density at radius 3 is 2.33 bits per heavy atom. The molecular weight excluding hydrogens is 457 g/mol. The van der Waals surface area contributed by atoms with Crippen molar-refractivity contribution in [3.05, 3.63) is 65.7 Å². The summed E-state index contributed by atoms with van der Waals surface area (Å²) in [6.45, 7) is 2.67. The summed E-state index contributed by atoms with van der Waals surface area (Å²) in [6.07, 6.45) is -2.43. The highest BCUT2D eigenvalue weighted by atomic mass is 32.2. The van der Waals surface area contributed by atoms with Crippen LogP contribution in [0.4, 0.5) is 18.9 Å². The van der Waals surface area contributed by atoms with E-state index in [0.29, 0.717) is 26.1 Å². The lowest BCUT2D eigenvalue weighted by atomic mass is 9.74. The topological polar surface area (TPSA) is 75.7 Å². The van der Waals surface area contributed by atoms with Gasteiger partial charge in [0, 0.05) is 25.2 Å². The molecule has 0 spiro atoms. The molecule has 1 saturated heterocycles. The quantitative estimate of drug-likeness (QED) is 0.650. The van der Waals surface area contributed by atoms with E-state index in [4.69, 9.17) is 4.74 Å². The lowest BCUT2D eigenvalue weighted by Crippen LogP contribution is -2.51. The summed E-state index contributed by atoms with van der Waals surface area (Å²) in [6, 6.07) is 12.4. The van der Waals surface area contributed by atoms with Gasteiger partial charge in [0.15, 0.2) is 0 Å². The molecule has 1 atom stereocenters. The molecule has 180 valence electrons. The standard InChI is InChI=1S/C23H27F3N2O4S/c1-17(28(33(2,30)31)20-10-6-9-19(15-20)23(24,25)26)21(29)27-16-22(11-13-32-14-12-22)18-7-4-3-5-8-18/h3-10,15,17H,11-14,16H2,1-2H3,(H,27,29)/t17-/m0/s1. The van der Waals surface area contributed by atoms with Crippen molar-refractivity contribution in [2.45, 2.75) is 37.4 Å². The van der Waals surface area contributed by atoms with Gasteiger partial charge in [0.2, 0.25) is 15.9 Å². The molecule has 0 aliphatic carbocycles. The van der Waals surface area contributed by atoms with Gasteiger partial charge in [-0.15, -0.1) is 0 Å². The minimum atomic E-state index is -4.64. The fraction of sp³-hybridized carbons (Fsp3) is 0.435. The average Bonchev–Trinajstić information content (AvgIpc) is 2.77. The molecule has 2 aromatic rings. The number of alkyl halides is 3. The van der Waals surface area contributed by atoms with Crippen LogP contribution in [0, 0.1) is 0 Å². The summed E-state index contributed by atoms with van der Waals surface area (Å²) in [5.41, 5.74) is -0.550. The van der Waals surface area contributed by atoms with Crippen LogP contribution in [0.2, 0.25) is 0 Å². The number of amides is 1. The number of halogens is 3. The maximum atomic E-state index is 13.2. The Bertz CT molecular complexity index is 1070. The highest BCUT2D eigenvalue weighted by Gasteiger charge is 2.37. The molecule has 0 radical (unpaired) electrons. The van der Waals surface area contributed by atoms with E-state index in [-0.39, 0.29) is 17.6 Å². The molecule has 1 amide bonds. The number of carbonyl (C=O) groups excluding carboxylic acids is 1. The first-order valence-electron chi connectivity index (χ1n) is 10.5. The van der Waals surface area contributed by atoms with Crippen LogP contribution in [0.5, 0.6) is 0 Å². The van der Waals surface area contributed by atoms with Crippen molar-refractivity contribution in [1.29, 1.82) is 0 Å². The fourth-order valence-corrected chi connectivity index (χ4v) is 5.32. The third-order valence-corrected chi connectivity index (χ3v) is 7.20. The maximum absolute atomic E-state index is 13.2. The zero-order valence-electron chi connectivity index (χ0n) is 18.4. The Balaban J connectivity index is 1.84. The van der Waals surface area contributed by atoms with Crippen LogP contribution in [-0.2, 0) is 31.1 Å². The Morgan fingerprint density at radius 1 is 1.12 bits per heavy atom. The van der Waals surface area contributed by atoms with Crippen LogP contribution in [0.3, 0.4) is 0 Å². The highest BCUT2D eigenvalue weighted by molar-refractivity contribution is 7.92. The summed E-state index contributed by atoms with van der Waals surface area (Å²) >= 11 is 0. The van der Waals surface area contributed by atoms with Crippen molar-refractivity contribution in [1.82, 2.24) is 5.32 Å². The van der Waals surface area contributed by atoms with Gasteiger partial charge < -0.3 is 10.1 Å². The number of hydrogen-bond acceptors (Lipinski definition) is 4. The molecule has 0 unspecified atom stereocenters. The van der Waals surface area contributed by atoms with E-state index in [0.717, 1.165) is 34.3 Å². The van der Waals surface area contributed by atoms with Crippen LogP contribution in [-0.4, -0.2) is 46.4 Å². The van der Waals surface area contributed by atoms with Crippen LogP contribution in [0.1, 0.15) is 30.9 Å². The molecule has 10 heteroatoms. The van der Waals surface area contributed by atoms with Gasteiger partial charge in [-0.2, -0.15) is 13.2 Å². The predicted octanol–water partition coefficient (Wildman–Crippen LogP) is 3.72. The number of carbonyl (C=O) groups is 1. The van der Waals surface area contributed by atoms with Crippen LogP contribution in [0.15, 0.2) is 54.6 Å². The van der Waals surface area contributed by atoms with E-state index in [1.54, 1.807) is 0 Å². The molecule has 6 nitrogen and oxygen atoms in total. The van der Waals surface area contributed by atoms with Crippen LogP contribution in [0.25, 0.3) is 0 Å². The van der Waals surface area contributed by atoms with Crippen molar-refractivity contribution in [2.24, 2.45) is 0 Å². The van der Waals surface area contributed by atoms with Crippen molar-refractivity contribution in [3.8, 4) is 0 Å². The summed E-state index contributed by atoms with van der Waals surface area (Å²) < 4.78 is 70.6. The van der Waals surface area contributed by atoms with Gasteiger partial charge in [0.25, 0.3) is 0 Å². The largest absolute Gasteiger partial charge is 0.416 e. The Hall–Kier alpha value is -2.59. The first kappa shape index (κ1) is 25.0. The van der Waals surface area contributed by atoms with Gasteiger partial charge in [0.05, 0.1) is 17.5 Å². The molecule has 1 aliphatic rings. The van der Waals surface area contributed by atoms with Gasteiger partial charge in [-0.05, 0) is 43.5 Å². The number of anilines is 1. The van der Waals surface area contributed by atoms with E-state index in [1.807, 2.05) is 30.3 Å². The van der Waals surface area contributed by atoms with E-state index in [2.05, 4.69) is 5.32 Å². The SMILES string of the molecule is C[C@@H](C(=O)NCC1(c2ccccc2)CCOCC1)N(c1cccc(C(F)(F)F)c1)S(C)(=O)=O. The normalized spacial score (nSPS) is 17.2. The number of rotatable bonds is 7. The smallest absolute Gasteiger partial charge is 0.381 e. The average molecular weight is 485 g/mol. The van der Waals surface area contributed by atoms with Gasteiger partial charge in [-0.3, -0.25) is 9.10 Å². The minimum Gasteiger partial charge on any atom is -0.381 e. The Labute approximate surface area is 191 Å². The molecule has 2 aromatic carbocycles. The maximum Gasteiger partial charge on any atom is 0.416 e. The second-order valence-electron chi connectivity index (χ2n) is 8.26. The summed E-state index contributed by atoms with van der Waals surface area (Å²) in [7, 11) is -4.05. The summed E-state index contributed by atoms with van der Waals surface area (Å²) in [5, 5.41) is 2.84. The Morgan fingerprint density at radius 2 is 1.76 bits per heavy atom. The third kappa shape index (κ3) is 5.86. The van der Waals surface area contributed by atoms with E-state index >= 15 is 0 Å². The molecule has 3 rings (SSSR count). The molecule has 1 N–H and O–H groups in total. The highest BCUT2D eigenvalue weighted by Crippen LogP contribution is 2.35. The molecule has 0 bridgehead atoms. The van der Waals surface area contributed by atoms with Crippen molar-refractivity contribution in [3.63, 3.8) is 0 Å². The van der Waals surface area contributed by atoms with Gasteiger partial charge in [-0.1, -0.05) is 36.4 Å². The second-order valence-corrected chi connectivity index (χ2v) is 10.1. The van der Waals surface area contributed by atoms with Gasteiger partial charge >= 0.3 is 6.18 Å². The van der Waals surface area contributed by atoms with E-state index in [9.17, 15) is 26.4 Å². The van der Waals surface area contributed by atoms with Crippen molar-refractivity contribution < 1.29 is 31.1 Å². The van der Waals surface area contributed by atoms with E-state index in [1.165, 1.54) is 13.0 Å². The number of benzene rings is 2. The first-order valence-corrected chi connectivity index (χ1v) is 12.4. The molecule has 0 saturated carbocycles. The zero-order valence-corrected chi connectivity index (χ0v) is 19.2. The van der Waals surface area contributed by atoms with Crippen LogP contribution < -0.4 is 9.62 Å². The molecule has 1 heterocycles. The monoisotopic (exact) mass is 484 g/mol. The predicted molar refractivity (Wildman–Crippen MR) is 119 cm³/mol. The fourth-order valence-electron chi connectivity index (χ4n) is 4.15. The van der Waals surface area contributed by atoms with E-state index < -0.39 is 33.7 Å². The van der Waals surface area contributed by atoms with Crippen molar-refractivity contribution >= 4 is 21.6 Å². The number of ether oxygens (including phenoxy) is 1. The summed E-state index contributed by atoms with van der Waals surface area (Å²) in [5.74, 6) is -0.598. The summed E-state index contributed by atoms with van der Waals surface area (Å²) in [4.78, 5) is 13.0. The lowest BCUT2D eigenvalue weighted by Gasteiger charge is -2.38.